The van der Waals surface area contributed by atoms with Gasteiger partial charge in [-0.2, -0.15) is 4.98 Å². The van der Waals surface area contributed by atoms with E-state index in [2.05, 4.69) is 25.5 Å². The molecule has 0 atom stereocenters. The standard InChI is InChI=1S/C20H25N5O4/c1-15-23-17(25-8-11-28-12-9-25)13-19(24-15)29-10-7-21-18(26)14-22-20(27)16-5-3-2-4-6-16/h2-6,13H,7-12,14H2,1H3,(H,21,26)(H,22,27). The number of morpholine rings is 1. The number of aromatic nitrogens is 2. The molecule has 154 valence electrons. The highest BCUT2D eigenvalue weighted by Gasteiger charge is 2.14. The van der Waals surface area contributed by atoms with Gasteiger partial charge in [-0.05, 0) is 19.1 Å². The maximum Gasteiger partial charge on any atom is 0.251 e. The van der Waals surface area contributed by atoms with Crippen LogP contribution in [0.15, 0.2) is 36.4 Å². The Balaban J connectivity index is 1.39. The van der Waals surface area contributed by atoms with Gasteiger partial charge in [-0.1, -0.05) is 18.2 Å². The van der Waals surface area contributed by atoms with Crippen LogP contribution in [-0.2, 0) is 9.53 Å². The summed E-state index contributed by atoms with van der Waals surface area (Å²) in [4.78, 5) is 34.6. The first kappa shape index (κ1) is 20.5. The van der Waals surface area contributed by atoms with E-state index in [0.29, 0.717) is 37.0 Å². The number of amides is 2. The molecule has 29 heavy (non-hydrogen) atoms. The maximum atomic E-state index is 11.9. The SMILES string of the molecule is Cc1nc(OCCNC(=O)CNC(=O)c2ccccc2)cc(N2CCOCC2)n1. The molecule has 1 aliphatic rings. The second-order valence-corrected chi connectivity index (χ2v) is 6.46. The lowest BCUT2D eigenvalue weighted by atomic mass is 10.2. The zero-order valence-electron chi connectivity index (χ0n) is 16.4. The Hall–Kier alpha value is -3.20. The molecule has 2 N–H and O–H groups in total. The number of nitrogens with zero attached hydrogens (tertiary/aromatic N) is 3. The van der Waals surface area contributed by atoms with Gasteiger partial charge < -0.3 is 25.0 Å². The number of carbonyl (C=O) groups excluding carboxylic acids is 2. The molecule has 3 rings (SSSR count). The molecule has 0 saturated carbocycles. The summed E-state index contributed by atoms with van der Waals surface area (Å²) in [6.07, 6.45) is 0. The van der Waals surface area contributed by atoms with Crippen LogP contribution in [0.5, 0.6) is 5.88 Å². The molecule has 9 heteroatoms. The van der Waals surface area contributed by atoms with Crippen LogP contribution < -0.4 is 20.3 Å². The number of hydrogen-bond acceptors (Lipinski definition) is 7. The van der Waals surface area contributed by atoms with Crippen molar-refractivity contribution in [3.8, 4) is 5.88 Å². The Labute approximate surface area is 169 Å². The number of ether oxygens (including phenoxy) is 2. The lowest BCUT2D eigenvalue weighted by Gasteiger charge is -2.28. The van der Waals surface area contributed by atoms with Crippen molar-refractivity contribution in [2.24, 2.45) is 0 Å². The zero-order valence-corrected chi connectivity index (χ0v) is 16.4. The quantitative estimate of drug-likeness (QED) is 0.625. The van der Waals surface area contributed by atoms with Gasteiger partial charge >= 0.3 is 0 Å². The lowest BCUT2D eigenvalue weighted by molar-refractivity contribution is -0.120. The predicted molar refractivity (Wildman–Crippen MR) is 107 cm³/mol. The van der Waals surface area contributed by atoms with Crippen LogP contribution >= 0.6 is 0 Å². The fourth-order valence-electron chi connectivity index (χ4n) is 2.81. The lowest BCUT2D eigenvalue weighted by Crippen LogP contribution is -2.38. The molecule has 2 aromatic rings. The fraction of sp³-hybridized carbons (Fsp3) is 0.400. The van der Waals surface area contributed by atoms with Crippen molar-refractivity contribution >= 4 is 17.6 Å². The highest BCUT2D eigenvalue weighted by Crippen LogP contribution is 2.18. The average Bonchev–Trinajstić information content (AvgIpc) is 2.76. The molecular formula is C20H25N5O4. The molecule has 0 unspecified atom stereocenters. The third-order valence-electron chi connectivity index (χ3n) is 4.26. The van der Waals surface area contributed by atoms with Crippen molar-refractivity contribution in [3.63, 3.8) is 0 Å². The molecule has 1 fully saturated rings. The van der Waals surface area contributed by atoms with Crippen molar-refractivity contribution in [3.05, 3.63) is 47.8 Å². The van der Waals surface area contributed by atoms with Gasteiger partial charge in [0, 0.05) is 24.7 Å². The van der Waals surface area contributed by atoms with Gasteiger partial charge in [0.2, 0.25) is 11.8 Å². The van der Waals surface area contributed by atoms with Crippen molar-refractivity contribution in [2.75, 3.05) is 50.9 Å². The number of anilines is 1. The summed E-state index contributed by atoms with van der Waals surface area (Å²) in [5.41, 5.74) is 0.513. The van der Waals surface area contributed by atoms with Gasteiger partial charge in [-0.25, -0.2) is 4.98 Å². The normalized spacial score (nSPS) is 13.6. The molecule has 2 amide bonds. The van der Waals surface area contributed by atoms with Crippen LogP contribution in [0.1, 0.15) is 16.2 Å². The van der Waals surface area contributed by atoms with Crippen LogP contribution in [0.4, 0.5) is 5.82 Å². The highest BCUT2D eigenvalue weighted by molar-refractivity contribution is 5.96. The summed E-state index contributed by atoms with van der Waals surface area (Å²) in [6.45, 7) is 5.18. The number of benzene rings is 1. The van der Waals surface area contributed by atoms with E-state index in [1.807, 2.05) is 13.0 Å². The predicted octanol–water partition coefficient (Wildman–Crippen LogP) is 0.547. The van der Waals surface area contributed by atoms with Crippen LogP contribution in [0, 0.1) is 6.92 Å². The van der Waals surface area contributed by atoms with E-state index >= 15 is 0 Å². The Kier molecular flexibility index (Phi) is 7.34. The second-order valence-electron chi connectivity index (χ2n) is 6.46. The van der Waals surface area contributed by atoms with Crippen LogP contribution in [0.2, 0.25) is 0 Å². The van der Waals surface area contributed by atoms with E-state index in [9.17, 15) is 9.59 Å². The summed E-state index contributed by atoms with van der Waals surface area (Å²) in [5, 5.41) is 5.28. The topological polar surface area (TPSA) is 106 Å². The third-order valence-corrected chi connectivity index (χ3v) is 4.26. The largest absolute Gasteiger partial charge is 0.476 e. The van der Waals surface area contributed by atoms with Gasteiger partial charge in [-0.3, -0.25) is 9.59 Å². The molecule has 2 heterocycles. The molecule has 9 nitrogen and oxygen atoms in total. The van der Waals surface area contributed by atoms with E-state index < -0.39 is 0 Å². The van der Waals surface area contributed by atoms with Gasteiger partial charge in [0.1, 0.15) is 18.2 Å². The van der Waals surface area contributed by atoms with E-state index in [1.54, 1.807) is 30.3 Å². The average molecular weight is 399 g/mol. The second kappa shape index (κ2) is 10.4. The Bertz CT molecular complexity index is 825. The van der Waals surface area contributed by atoms with Crippen LogP contribution in [0.3, 0.4) is 0 Å². The van der Waals surface area contributed by atoms with Crippen molar-refractivity contribution < 1.29 is 19.1 Å². The molecule has 0 spiro atoms. The molecule has 1 saturated heterocycles. The number of hydrogen-bond donors (Lipinski definition) is 2. The third kappa shape index (κ3) is 6.42. The Morgan fingerprint density at radius 3 is 2.66 bits per heavy atom. The molecule has 0 radical (unpaired) electrons. The minimum atomic E-state index is -0.288. The van der Waals surface area contributed by atoms with Crippen molar-refractivity contribution in [1.29, 1.82) is 0 Å². The summed E-state index contributed by atoms with van der Waals surface area (Å²) < 4.78 is 11.0. The van der Waals surface area contributed by atoms with Gasteiger partial charge in [0.15, 0.2) is 0 Å². The molecule has 1 aromatic carbocycles. The van der Waals surface area contributed by atoms with Crippen LogP contribution in [0.25, 0.3) is 0 Å². The number of aryl methyl sites for hydroxylation is 1. The first-order chi connectivity index (χ1) is 14.1. The summed E-state index contributed by atoms with van der Waals surface area (Å²) in [7, 11) is 0. The minimum absolute atomic E-state index is 0.0957. The summed E-state index contributed by atoms with van der Waals surface area (Å²) >= 11 is 0. The Morgan fingerprint density at radius 1 is 1.14 bits per heavy atom. The van der Waals surface area contributed by atoms with E-state index in [4.69, 9.17) is 9.47 Å². The zero-order chi connectivity index (χ0) is 20.5. The van der Waals surface area contributed by atoms with Gasteiger partial charge in [0.25, 0.3) is 5.91 Å². The van der Waals surface area contributed by atoms with E-state index in [1.165, 1.54) is 0 Å². The van der Waals surface area contributed by atoms with E-state index in [-0.39, 0.29) is 25.0 Å². The minimum Gasteiger partial charge on any atom is -0.476 e. The summed E-state index contributed by atoms with van der Waals surface area (Å²) in [5.74, 6) is 1.32. The van der Waals surface area contributed by atoms with Crippen molar-refractivity contribution in [2.45, 2.75) is 6.92 Å². The highest BCUT2D eigenvalue weighted by atomic mass is 16.5. The number of carbonyl (C=O) groups is 2. The number of rotatable bonds is 8. The maximum absolute atomic E-state index is 11.9. The monoisotopic (exact) mass is 399 g/mol. The molecule has 0 aliphatic carbocycles. The molecule has 0 bridgehead atoms. The fourth-order valence-corrected chi connectivity index (χ4v) is 2.81. The van der Waals surface area contributed by atoms with Crippen molar-refractivity contribution in [1.82, 2.24) is 20.6 Å². The molecular weight excluding hydrogens is 374 g/mol. The summed E-state index contributed by atoms with van der Waals surface area (Å²) in [6, 6.07) is 10.5. The Morgan fingerprint density at radius 2 is 1.90 bits per heavy atom. The number of nitrogens with one attached hydrogen (secondary N) is 2. The van der Waals surface area contributed by atoms with E-state index in [0.717, 1.165) is 18.9 Å². The molecule has 1 aromatic heterocycles. The first-order valence-corrected chi connectivity index (χ1v) is 9.53. The first-order valence-electron chi connectivity index (χ1n) is 9.53. The van der Waals surface area contributed by atoms with Gasteiger partial charge in [-0.15, -0.1) is 0 Å². The smallest absolute Gasteiger partial charge is 0.251 e. The van der Waals surface area contributed by atoms with Gasteiger partial charge in [0.05, 0.1) is 26.3 Å². The molecule has 1 aliphatic heterocycles. The van der Waals surface area contributed by atoms with Crippen LogP contribution in [-0.4, -0.2) is 67.8 Å².